The van der Waals surface area contributed by atoms with Crippen molar-refractivity contribution in [2.75, 3.05) is 0 Å². The molecule has 1 aliphatic rings. The Kier molecular flexibility index (Phi) is 2.50. The van der Waals surface area contributed by atoms with Crippen molar-refractivity contribution in [3.8, 4) is 0 Å². The summed E-state index contributed by atoms with van der Waals surface area (Å²) in [4.78, 5) is 13.1. The molecule has 0 radical (unpaired) electrons. The van der Waals surface area contributed by atoms with Crippen LogP contribution in [0.25, 0.3) is 0 Å². The maximum atomic E-state index is 10.8. The molecule has 5 nitrogen and oxygen atoms in total. The molecule has 0 saturated heterocycles. The molecular weight excluding hydrogens is 204 g/mol. The van der Waals surface area contributed by atoms with Crippen molar-refractivity contribution in [1.29, 1.82) is 0 Å². The van der Waals surface area contributed by atoms with Crippen molar-refractivity contribution >= 4 is 5.91 Å². The molecule has 0 aromatic carbocycles. The zero-order chi connectivity index (χ0) is 11.9. The minimum absolute atomic E-state index is 0.155. The zero-order valence-electron chi connectivity index (χ0n) is 10.0. The number of hydrogen-bond acceptors (Lipinski definition) is 3. The third kappa shape index (κ3) is 2.09. The van der Waals surface area contributed by atoms with Gasteiger partial charge in [-0.05, 0) is 20.8 Å². The van der Waals surface area contributed by atoms with Gasteiger partial charge in [0.15, 0.2) is 0 Å². The number of hydrogen-bond donors (Lipinski definition) is 1. The molecule has 88 valence electrons. The first-order valence-corrected chi connectivity index (χ1v) is 5.45. The summed E-state index contributed by atoms with van der Waals surface area (Å²) >= 11 is 0. The van der Waals surface area contributed by atoms with Gasteiger partial charge in [-0.25, -0.2) is 0 Å². The summed E-state index contributed by atoms with van der Waals surface area (Å²) in [5, 5.41) is 4.37. The van der Waals surface area contributed by atoms with Crippen LogP contribution in [0.5, 0.6) is 0 Å². The molecule has 0 saturated carbocycles. The van der Waals surface area contributed by atoms with E-state index in [1.807, 2.05) is 6.20 Å². The van der Waals surface area contributed by atoms with Crippen LogP contribution < -0.4 is 5.73 Å². The lowest BCUT2D eigenvalue weighted by Crippen LogP contribution is -2.37. The van der Waals surface area contributed by atoms with Gasteiger partial charge < -0.3 is 5.73 Å². The molecule has 0 spiro atoms. The molecule has 5 heteroatoms. The second kappa shape index (κ2) is 3.59. The van der Waals surface area contributed by atoms with Crippen molar-refractivity contribution < 1.29 is 4.79 Å². The van der Waals surface area contributed by atoms with Crippen molar-refractivity contribution in [2.45, 2.75) is 45.9 Å². The molecule has 2 heterocycles. The van der Waals surface area contributed by atoms with Crippen LogP contribution in [0.4, 0.5) is 0 Å². The van der Waals surface area contributed by atoms with Gasteiger partial charge in [-0.3, -0.25) is 14.4 Å². The number of rotatable bonds is 2. The monoisotopic (exact) mass is 222 g/mol. The van der Waals surface area contributed by atoms with Crippen molar-refractivity contribution in [3.63, 3.8) is 0 Å². The Bertz CT molecular complexity index is 393. The smallest absolute Gasteiger partial charge is 0.239 e. The van der Waals surface area contributed by atoms with Gasteiger partial charge in [-0.2, -0.15) is 5.10 Å². The third-order valence-corrected chi connectivity index (χ3v) is 2.89. The Morgan fingerprint density at radius 3 is 2.69 bits per heavy atom. The van der Waals surface area contributed by atoms with Crippen LogP contribution in [-0.2, 0) is 24.4 Å². The average molecular weight is 222 g/mol. The van der Waals surface area contributed by atoms with Crippen LogP contribution >= 0.6 is 0 Å². The zero-order valence-corrected chi connectivity index (χ0v) is 10.0. The Morgan fingerprint density at radius 2 is 2.19 bits per heavy atom. The van der Waals surface area contributed by atoms with E-state index in [-0.39, 0.29) is 18.0 Å². The standard InChI is InChI=1S/C11H18N4O/c1-11(2,3)14-4-8-5-15(7-10(12)16)13-9(8)6-14/h5H,4,6-7H2,1-3H3,(H2,12,16). The van der Waals surface area contributed by atoms with E-state index in [4.69, 9.17) is 5.73 Å². The number of amides is 1. The molecule has 1 aromatic rings. The molecule has 1 aliphatic heterocycles. The largest absolute Gasteiger partial charge is 0.368 e. The van der Waals surface area contributed by atoms with Gasteiger partial charge >= 0.3 is 0 Å². The molecule has 0 aliphatic carbocycles. The van der Waals surface area contributed by atoms with E-state index < -0.39 is 0 Å². The number of nitrogens with two attached hydrogens (primary N) is 1. The quantitative estimate of drug-likeness (QED) is 0.791. The lowest BCUT2D eigenvalue weighted by atomic mass is 10.1. The van der Waals surface area contributed by atoms with E-state index in [1.54, 1.807) is 4.68 Å². The van der Waals surface area contributed by atoms with Gasteiger partial charge in [0.05, 0.1) is 5.69 Å². The molecule has 0 bridgehead atoms. The summed E-state index contributed by atoms with van der Waals surface area (Å²) in [6.45, 7) is 8.49. The van der Waals surface area contributed by atoms with Crippen LogP contribution in [0.2, 0.25) is 0 Å². The summed E-state index contributed by atoms with van der Waals surface area (Å²) in [5.41, 5.74) is 7.56. The SMILES string of the molecule is CC(C)(C)N1Cc2cn(CC(N)=O)nc2C1. The maximum Gasteiger partial charge on any atom is 0.239 e. The van der Waals surface area contributed by atoms with Crippen LogP contribution in [0.15, 0.2) is 6.20 Å². The van der Waals surface area contributed by atoms with E-state index in [9.17, 15) is 4.79 Å². The van der Waals surface area contributed by atoms with Crippen molar-refractivity contribution in [1.82, 2.24) is 14.7 Å². The van der Waals surface area contributed by atoms with Gasteiger partial charge in [0.25, 0.3) is 0 Å². The van der Waals surface area contributed by atoms with Gasteiger partial charge in [-0.15, -0.1) is 0 Å². The maximum absolute atomic E-state index is 10.8. The minimum Gasteiger partial charge on any atom is -0.368 e. The molecule has 2 rings (SSSR count). The number of aromatic nitrogens is 2. The molecule has 1 amide bonds. The van der Waals surface area contributed by atoms with Gasteiger partial charge in [-0.1, -0.05) is 0 Å². The lowest BCUT2D eigenvalue weighted by molar-refractivity contribution is -0.118. The van der Waals surface area contributed by atoms with Crippen LogP contribution in [0.1, 0.15) is 32.0 Å². The van der Waals surface area contributed by atoms with Crippen molar-refractivity contribution in [2.24, 2.45) is 5.73 Å². The molecule has 0 atom stereocenters. The van der Waals surface area contributed by atoms with Crippen LogP contribution in [0.3, 0.4) is 0 Å². The summed E-state index contributed by atoms with van der Waals surface area (Å²) in [6.07, 6.45) is 1.92. The third-order valence-electron chi connectivity index (χ3n) is 2.89. The molecule has 0 unspecified atom stereocenters. The molecule has 16 heavy (non-hydrogen) atoms. The van der Waals surface area contributed by atoms with Crippen LogP contribution in [-0.4, -0.2) is 26.1 Å². The number of carbonyl (C=O) groups excluding carboxylic acids is 1. The first-order valence-electron chi connectivity index (χ1n) is 5.45. The molecule has 1 aromatic heterocycles. The van der Waals surface area contributed by atoms with Gasteiger partial charge in [0, 0.05) is 30.4 Å². The summed E-state index contributed by atoms with van der Waals surface area (Å²) in [7, 11) is 0. The van der Waals surface area contributed by atoms with Gasteiger partial charge in [0.1, 0.15) is 6.54 Å². The Balaban J connectivity index is 2.11. The second-order valence-electron chi connectivity index (χ2n) is 5.29. The highest BCUT2D eigenvalue weighted by Crippen LogP contribution is 2.27. The van der Waals surface area contributed by atoms with E-state index in [1.165, 1.54) is 5.56 Å². The predicted molar refractivity (Wildman–Crippen MR) is 60.4 cm³/mol. The fourth-order valence-electron chi connectivity index (χ4n) is 1.93. The highest BCUT2D eigenvalue weighted by molar-refractivity contribution is 5.73. The van der Waals surface area contributed by atoms with E-state index in [0.29, 0.717) is 0 Å². The first kappa shape index (κ1) is 11.1. The first-order chi connectivity index (χ1) is 7.36. The minimum atomic E-state index is -0.353. The van der Waals surface area contributed by atoms with E-state index in [0.717, 1.165) is 18.8 Å². The average Bonchev–Trinajstić information content (AvgIpc) is 2.57. The van der Waals surface area contributed by atoms with Crippen LogP contribution in [0, 0.1) is 0 Å². The molecule has 0 fully saturated rings. The van der Waals surface area contributed by atoms with E-state index in [2.05, 4.69) is 30.8 Å². The summed E-state index contributed by atoms with van der Waals surface area (Å²) in [5.74, 6) is -0.353. The number of primary amides is 1. The topological polar surface area (TPSA) is 64.2 Å². The molecular formula is C11H18N4O. The normalized spacial score (nSPS) is 16.4. The Morgan fingerprint density at radius 1 is 1.50 bits per heavy atom. The highest BCUT2D eigenvalue weighted by Gasteiger charge is 2.30. The number of carbonyl (C=O) groups is 1. The van der Waals surface area contributed by atoms with Crippen molar-refractivity contribution in [3.05, 3.63) is 17.5 Å². The summed E-state index contributed by atoms with van der Waals surface area (Å²) in [6, 6.07) is 0. The second-order valence-corrected chi connectivity index (χ2v) is 5.29. The number of fused-ring (bicyclic) bond motifs is 1. The molecule has 2 N–H and O–H groups in total. The Hall–Kier alpha value is -1.36. The van der Waals surface area contributed by atoms with Gasteiger partial charge in [0.2, 0.25) is 5.91 Å². The lowest BCUT2D eigenvalue weighted by Gasteiger charge is -2.31. The number of nitrogens with zero attached hydrogens (tertiary/aromatic N) is 3. The highest BCUT2D eigenvalue weighted by atomic mass is 16.1. The fraction of sp³-hybridized carbons (Fsp3) is 0.636. The Labute approximate surface area is 95.2 Å². The fourth-order valence-corrected chi connectivity index (χ4v) is 1.93. The van der Waals surface area contributed by atoms with E-state index >= 15 is 0 Å². The predicted octanol–water partition coefficient (Wildman–Crippen LogP) is 0.483. The summed E-state index contributed by atoms with van der Waals surface area (Å²) < 4.78 is 1.63.